The molecule has 25 heavy (non-hydrogen) atoms. The maximum Gasteiger partial charge on any atom is 0.340 e. The Bertz CT molecular complexity index is 729. The summed E-state index contributed by atoms with van der Waals surface area (Å²) in [4.78, 5) is 23.7. The number of amides is 1. The molecule has 0 atom stereocenters. The molecule has 0 aliphatic rings. The molecular weight excluding hydrogens is 320 g/mol. The zero-order chi connectivity index (χ0) is 18.2. The topological polar surface area (TPSA) is 93.2 Å². The zero-order valence-corrected chi connectivity index (χ0v) is 14.6. The molecule has 2 rings (SSSR count). The molecule has 0 spiro atoms. The number of aromatic nitrogens is 2. The fraction of sp³-hybridized carbons (Fsp3) is 0.333. The lowest BCUT2D eigenvalue weighted by Gasteiger charge is -2.11. The highest BCUT2D eigenvalue weighted by molar-refractivity contribution is 5.96. The van der Waals surface area contributed by atoms with E-state index in [1.54, 1.807) is 43.3 Å². The van der Waals surface area contributed by atoms with Crippen molar-refractivity contribution >= 4 is 29.2 Å². The predicted octanol–water partition coefficient (Wildman–Crippen LogP) is 3.38. The monoisotopic (exact) mass is 342 g/mol. The number of benzene rings is 1. The van der Waals surface area contributed by atoms with Gasteiger partial charge in [-0.05, 0) is 37.1 Å². The summed E-state index contributed by atoms with van der Waals surface area (Å²) >= 11 is 0. The Kier molecular flexibility index (Phi) is 6.45. The molecule has 0 aliphatic heterocycles. The number of esters is 1. The van der Waals surface area contributed by atoms with Gasteiger partial charge in [0.15, 0.2) is 11.6 Å². The van der Waals surface area contributed by atoms with Crippen molar-refractivity contribution in [3.63, 3.8) is 0 Å². The summed E-state index contributed by atoms with van der Waals surface area (Å²) in [5, 5.41) is 13.7. The molecule has 1 aromatic carbocycles. The number of rotatable bonds is 7. The minimum Gasteiger partial charge on any atom is -0.462 e. The van der Waals surface area contributed by atoms with Crippen LogP contribution in [0.15, 0.2) is 36.4 Å². The molecule has 0 fully saturated rings. The number of ether oxygens (including phenoxy) is 1. The van der Waals surface area contributed by atoms with E-state index in [0.717, 1.165) is 0 Å². The smallest absolute Gasteiger partial charge is 0.340 e. The van der Waals surface area contributed by atoms with Crippen LogP contribution in [0, 0.1) is 5.92 Å². The van der Waals surface area contributed by atoms with Crippen molar-refractivity contribution in [2.45, 2.75) is 27.2 Å². The molecule has 0 saturated carbocycles. The summed E-state index contributed by atoms with van der Waals surface area (Å²) < 4.78 is 5.04. The molecule has 1 aromatic heterocycles. The number of hydrogen-bond acceptors (Lipinski definition) is 6. The van der Waals surface area contributed by atoms with Gasteiger partial charge >= 0.3 is 5.97 Å². The van der Waals surface area contributed by atoms with Crippen LogP contribution in [-0.4, -0.2) is 28.7 Å². The number of anilines is 3. The first-order valence-corrected chi connectivity index (χ1v) is 8.16. The Morgan fingerprint density at radius 1 is 1.08 bits per heavy atom. The van der Waals surface area contributed by atoms with E-state index in [9.17, 15) is 9.59 Å². The molecule has 0 aliphatic carbocycles. The lowest BCUT2D eigenvalue weighted by Crippen LogP contribution is -2.15. The Morgan fingerprint density at radius 2 is 1.76 bits per heavy atom. The molecule has 2 aromatic rings. The fourth-order valence-corrected chi connectivity index (χ4v) is 2.15. The maximum absolute atomic E-state index is 12.0. The number of hydrogen-bond donors (Lipinski definition) is 2. The van der Waals surface area contributed by atoms with E-state index < -0.39 is 5.97 Å². The van der Waals surface area contributed by atoms with Crippen LogP contribution in [0.5, 0.6) is 0 Å². The van der Waals surface area contributed by atoms with Crippen LogP contribution in [-0.2, 0) is 9.53 Å². The van der Waals surface area contributed by atoms with Crippen LogP contribution >= 0.6 is 0 Å². The molecule has 7 heteroatoms. The van der Waals surface area contributed by atoms with Gasteiger partial charge in [0.2, 0.25) is 5.91 Å². The van der Waals surface area contributed by atoms with E-state index >= 15 is 0 Å². The average Bonchev–Trinajstić information content (AvgIpc) is 2.56. The minimum atomic E-state index is -0.406. The van der Waals surface area contributed by atoms with Crippen molar-refractivity contribution in [2.75, 3.05) is 17.2 Å². The second-order valence-corrected chi connectivity index (χ2v) is 5.84. The lowest BCUT2D eigenvalue weighted by molar-refractivity contribution is -0.116. The van der Waals surface area contributed by atoms with Crippen LogP contribution in [0.4, 0.5) is 17.3 Å². The third-order valence-electron chi connectivity index (χ3n) is 3.21. The minimum absolute atomic E-state index is 0.0994. The van der Waals surface area contributed by atoms with Crippen LogP contribution < -0.4 is 10.6 Å². The number of carbonyl (C=O) groups is 2. The van der Waals surface area contributed by atoms with Crippen LogP contribution in [0.3, 0.4) is 0 Å². The van der Waals surface area contributed by atoms with Gasteiger partial charge in [0, 0.05) is 6.42 Å². The van der Waals surface area contributed by atoms with Crippen LogP contribution in [0.1, 0.15) is 37.6 Å². The Morgan fingerprint density at radius 3 is 2.40 bits per heavy atom. The van der Waals surface area contributed by atoms with E-state index in [-0.39, 0.29) is 11.8 Å². The van der Waals surface area contributed by atoms with Gasteiger partial charge in [0.1, 0.15) is 0 Å². The highest BCUT2D eigenvalue weighted by atomic mass is 16.5. The Balaban J connectivity index is 2.07. The molecule has 0 bridgehead atoms. The number of carbonyl (C=O) groups excluding carboxylic acids is 2. The van der Waals surface area contributed by atoms with Crippen LogP contribution in [0.2, 0.25) is 0 Å². The van der Waals surface area contributed by atoms with Gasteiger partial charge in [-0.3, -0.25) is 4.79 Å². The van der Waals surface area contributed by atoms with Crippen molar-refractivity contribution in [3.8, 4) is 0 Å². The molecular formula is C18H22N4O3. The molecule has 0 unspecified atom stereocenters. The number of para-hydroxylation sites is 1. The van der Waals surface area contributed by atoms with Crippen LogP contribution in [0.25, 0.3) is 0 Å². The summed E-state index contributed by atoms with van der Waals surface area (Å²) in [5.41, 5.74) is 0.993. The third-order valence-corrected chi connectivity index (χ3v) is 3.21. The van der Waals surface area contributed by atoms with Crippen molar-refractivity contribution in [1.82, 2.24) is 10.2 Å². The highest BCUT2D eigenvalue weighted by Crippen LogP contribution is 2.20. The van der Waals surface area contributed by atoms with E-state index in [0.29, 0.717) is 35.9 Å². The summed E-state index contributed by atoms with van der Waals surface area (Å²) in [7, 11) is 0. The molecule has 2 N–H and O–H groups in total. The molecule has 1 amide bonds. The predicted molar refractivity (Wildman–Crippen MR) is 95.8 cm³/mol. The first-order chi connectivity index (χ1) is 12.0. The van der Waals surface area contributed by atoms with E-state index in [1.165, 1.54) is 0 Å². The SMILES string of the molecule is CCOC(=O)c1ccccc1Nc1ccc(NC(=O)CC(C)C)nn1. The van der Waals surface area contributed by atoms with Gasteiger partial charge in [-0.1, -0.05) is 26.0 Å². The van der Waals surface area contributed by atoms with Gasteiger partial charge < -0.3 is 15.4 Å². The Labute approximate surface area is 146 Å². The van der Waals surface area contributed by atoms with Crippen molar-refractivity contribution in [2.24, 2.45) is 5.92 Å². The fourth-order valence-electron chi connectivity index (χ4n) is 2.15. The first kappa shape index (κ1) is 18.4. The largest absolute Gasteiger partial charge is 0.462 e. The molecule has 132 valence electrons. The molecule has 0 saturated heterocycles. The van der Waals surface area contributed by atoms with Gasteiger partial charge in [0.05, 0.1) is 17.9 Å². The molecule has 0 radical (unpaired) electrons. The second-order valence-electron chi connectivity index (χ2n) is 5.84. The highest BCUT2D eigenvalue weighted by Gasteiger charge is 2.12. The normalized spacial score (nSPS) is 10.4. The first-order valence-electron chi connectivity index (χ1n) is 8.16. The van der Waals surface area contributed by atoms with E-state index in [4.69, 9.17) is 4.74 Å². The summed E-state index contributed by atoms with van der Waals surface area (Å²) in [5.74, 6) is 0.607. The maximum atomic E-state index is 12.0. The van der Waals surface area contributed by atoms with E-state index in [1.807, 2.05) is 13.8 Å². The van der Waals surface area contributed by atoms with Gasteiger partial charge in [-0.2, -0.15) is 0 Å². The van der Waals surface area contributed by atoms with Crippen molar-refractivity contribution < 1.29 is 14.3 Å². The summed E-state index contributed by atoms with van der Waals surface area (Å²) in [6.45, 7) is 6.00. The van der Waals surface area contributed by atoms with Crippen molar-refractivity contribution in [3.05, 3.63) is 42.0 Å². The quantitative estimate of drug-likeness (QED) is 0.749. The number of nitrogens with one attached hydrogen (secondary N) is 2. The van der Waals surface area contributed by atoms with Gasteiger partial charge in [-0.15, -0.1) is 10.2 Å². The standard InChI is InChI=1S/C18H22N4O3/c1-4-25-18(24)13-7-5-6-8-14(13)19-15-9-10-16(22-21-15)20-17(23)11-12(2)3/h5-10,12H,4,11H2,1-3H3,(H,19,21)(H,20,22,23). The zero-order valence-electron chi connectivity index (χ0n) is 14.6. The van der Waals surface area contributed by atoms with E-state index in [2.05, 4.69) is 20.8 Å². The number of nitrogens with zero attached hydrogens (tertiary/aromatic N) is 2. The average molecular weight is 342 g/mol. The second kappa shape index (κ2) is 8.77. The van der Waals surface area contributed by atoms with Gasteiger partial charge in [0.25, 0.3) is 0 Å². The molecule has 1 heterocycles. The van der Waals surface area contributed by atoms with Gasteiger partial charge in [-0.25, -0.2) is 4.79 Å². The van der Waals surface area contributed by atoms with Crippen molar-refractivity contribution in [1.29, 1.82) is 0 Å². The lowest BCUT2D eigenvalue weighted by atomic mass is 10.1. The summed E-state index contributed by atoms with van der Waals surface area (Å²) in [6, 6.07) is 10.3. The molecule has 7 nitrogen and oxygen atoms in total. The Hall–Kier alpha value is -2.96. The summed E-state index contributed by atoms with van der Waals surface area (Å²) in [6.07, 6.45) is 0.425. The third kappa shape index (κ3) is 5.56.